The molecule has 0 radical (unpaired) electrons. The van der Waals surface area contributed by atoms with Crippen molar-refractivity contribution in [2.24, 2.45) is 0 Å². The van der Waals surface area contributed by atoms with Gasteiger partial charge in [0.05, 0.1) is 14.2 Å². The van der Waals surface area contributed by atoms with E-state index < -0.39 is 12.2 Å². The van der Waals surface area contributed by atoms with Crippen LogP contribution in [0.3, 0.4) is 0 Å². The smallest absolute Gasteiger partial charge is 0.344 e. The first-order chi connectivity index (χ1) is 10.6. The number of fused-ring (bicyclic) bond motifs is 1. The van der Waals surface area contributed by atoms with Gasteiger partial charge in [0.25, 0.3) is 0 Å². The first kappa shape index (κ1) is 14.6. The van der Waals surface area contributed by atoms with Crippen LogP contribution < -0.4 is 14.8 Å². The Morgan fingerprint density at radius 2 is 2.05 bits per heavy atom. The van der Waals surface area contributed by atoms with Crippen LogP contribution in [0.25, 0.3) is 0 Å². The van der Waals surface area contributed by atoms with Gasteiger partial charge in [-0.2, -0.15) is 0 Å². The van der Waals surface area contributed by atoms with E-state index in [0.717, 1.165) is 4.47 Å². The largest absolute Gasteiger partial charge is 0.493 e. The van der Waals surface area contributed by atoms with Gasteiger partial charge in [0, 0.05) is 16.2 Å². The van der Waals surface area contributed by atoms with Crippen molar-refractivity contribution >= 4 is 27.7 Å². The minimum absolute atomic E-state index is 0.372. The Bertz CT molecular complexity index is 718. The van der Waals surface area contributed by atoms with E-state index in [4.69, 9.17) is 14.2 Å². The molecule has 6 nitrogen and oxygen atoms in total. The van der Waals surface area contributed by atoms with Crippen molar-refractivity contribution in [1.82, 2.24) is 4.98 Å². The average molecular weight is 365 g/mol. The molecule has 2 aromatic rings. The lowest BCUT2D eigenvalue weighted by molar-refractivity contribution is 0.0434. The van der Waals surface area contributed by atoms with E-state index in [1.165, 1.54) is 14.2 Å². The van der Waals surface area contributed by atoms with Crippen molar-refractivity contribution in [3.05, 3.63) is 46.1 Å². The van der Waals surface area contributed by atoms with Crippen LogP contribution in [0.4, 0.5) is 5.82 Å². The molecule has 7 heteroatoms. The van der Waals surface area contributed by atoms with E-state index >= 15 is 0 Å². The van der Waals surface area contributed by atoms with E-state index in [2.05, 4.69) is 26.2 Å². The van der Waals surface area contributed by atoms with Crippen LogP contribution in [0, 0.1) is 0 Å². The monoisotopic (exact) mass is 364 g/mol. The summed E-state index contributed by atoms with van der Waals surface area (Å²) in [4.78, 5) is 16.4. The molecule has 1 aromatic heterocycles. The van der Waals surface area contributed by atoms with Crippen LogP contribution >= 0.6 is 15.9 Å². The van der Waals surface area contributed by atoms with Gasteiger partial charge >= 0.3 is 5.97 Å². The predicted octanol–water partition coefficient (Wildman–Crippen LogP) is 3.14. The lowest BCUT2D eigenvalue weighted by Crippen LogP contribution is -2.11. The van der Waals surface area contributed by atoms with E-state index in [1.807, 2.05) is 6.07 Å². The van der Waals surface area contributed by atoms with Crippen molar-refractivity contribution in [2.75, 3.05) is 19.5 Å². The molecule has 1 aliphatic rings. The minimum atomic E-state index is -0.615. The highest BCUT2D eigenvalue weighted by atomic mass is 79.9. The standard InChI is InChI=1S/C15H13BrN2O4/c1-20-10-5-4-9-12(13(10)21-2)15(19)22-14(9)18-11-6-3-8(16)7-17-11/h3-7,14H,1-2H3,(H,17,18). The molecule has 1 aliphatic heterocycles. The van der Waals surface area contributed by atoms with Crippen LogP contribution in [0.1, 0.15) is 22.1 Å². The Hall–Kier alpha value is -2.28. The summed E-state index contributed by atoms with van der Waals surface area (Å²) in [5, 5.41) is 3.07. The second kappa shape index (κ2) is 5.84. The number of carbonyl (C=O) groups excluding carboxylic acids is 1. The zero-order valence-corrected chi connectivity index (χ0v) is 13.5. The lowest BCUT2D eigenvalue weighted by Gasteiger charge is -2.14. The molecule has 1 unspecified atom stereocenters. The molecule has 0 amide bonds. The molecule has 1 N–H and O–H groups in total. The molecular weight excluding hydrogens is 352 g/mol. The van der Waals surface area contributed by atoms with Gasteiger partial charge in [-0.15, -0.1) is 0 Å². The molecule has 1 atom stereocenters. The minimum Gasteiger partial charge on any atom is -0.493 e. The molecule has 0 fully saturated rings. The number of hydrogen-bond acceptors (Lipinski definition) is 6. The third kappa shape index (κ3) is 2.48. The maximum Gasteiger partial charge on any atom is 0.344 e. The quantitative estimate of drug-likeness (QED) is 0.840. The summed E-state index contributed by atoms with van der Waals surface area (Å²) in [5.74, 6) is 1.00. The van der Waals surface area contributed by atoms with Gasteiger partial charge in [-0.1, -0.05) is 0 Å². The number of nitrogens with zero attached hydrogens (tertiary/aromatic N) is 1. The number of pyridine rings is 1. The van der Waals surface area contributed by atoms with Crippen LogP contribution in [0.5, 0.6) is 11.5 Å². The van der Waals surface area contributed by atoms with Crippen molar-refractivity contribution in [2.45, 2.75) is 6.23 Å². The number of hydrogen-bond donors (Lipinski definition) is 1. The second-order valence-corrected chi connectivity index (χ2v) is 5.47. The molecule has 0 spiro atoms. The summed E-state index contributed by atoms with van der Waals surface area (Å²) in [6.07, 6.45) is 1.05. The molecule has 0 bridgehead atoms. The Kier molecular flexibility index (Phi) is 3.89. The molecule has 114 valence electrons. The highest BCUT2D eigenvalue weighted by molar-refractivity contribution is 9.10. The lowest BCUT2D eigenvalue weighted by atomic mass is 10.1. The van der Waals surface area contributed by atoms with Crippen molar-refractivity contribution in [3.8, 4) is 11.5 Å². The van der Waals surface area contributed by atoms with Gasteiger partial charge in [-0.05, 0) is 40.2 Å². The number of carbonyl (C=O) groups is 1. The Morgan fingerprint density at radius 3 is 2.68 bits per heavy atom. The zero-order chi connectivity index (χ0) is 15.7. The number of halogens is 1. The van der Waals surface area contributed by atoms with Crippen molar-refractivity contribution in [1.29, 1.82) is 0 Å². The topological polar surface area (TPSA) is 69.7 Å². The van der Waals surface area contributed by atoms with Crippen LogP contribution in [-0.4, -0.2) is 25.2 Å². The summed E-state index contributed by atoms with van der Waals surface area (Å²) in [6.45, 7) is 0. The molecule has 2 heterocycles. The fourth-order valence-corrected chi connectivity index (χ4v) is 2.54. The fraction of sp³-hybridized carbons (Fsp3) is 0.200. The third-order valence-electron chi connectivity index (χ3n) is 3.30. The van der Waals surface area contributed by atoms with Crippen molar-refractivity contribution in [3.63, 3.8) is 0 Å². The average Bonchev–Trinajstić information content (AvgIpc) is 2.85. The number of ether oxygens (including phenoxy) is 3. The van der Waals surface area contributed by atoms with Gasteiger partial charge in [-0.25, -0.2) is 9.78 Å². The molecule has 0 saturated heterocycles. The molecule has 22 heavy (non-hydrogen) atoms. The predicted molar refractivity (Wildman–Crippen MR) is 83.3 cm³/mol. The first-order valence-corrected chi connectivity index (χ1v) is 7.27. The summed E-state index contributed by atoms with van der Waals surface area (Å²) in [5.41, 5.74) is 1.06. The number of aromatic nitrogens is 1. The van der Waals surface area contributed by atoms with Gasteiger partial charge in [-0.3, -0.25) is 0 Å². The molecule has 1 aromatic carbocycles. The number of cyclic esters (lactones) is 1. The molecule has 0 saturated carbocycles. The van der Waals surface area contributed by atoms with E-state index in [-0.39, 0.29) is 0 Å². The zero-order valence-electron chi connectivity index (χ0n) is 11.9. The maximum absolute atomic E-state index is 12.1. The summed E-state index contributed by atoms with van der Waals surface area (Å²) < 4.78 is 16.7. The van der Waals surface area contributed by atoms with Gasteiger partial charge in [0.2, 0.25) is 6.23 Å². The first-order valence-electron chi connectivity index (χ1n) is 6.48. The molecule has 3 rings (SSSR count). The highest BCUT2D eigenvalue weighted by Gasteiger charge is 2.36. The number of rotatable bonds is 4. The summed E-state index contributed by atoms with van der Waals surface area (Å²) >= 11 is 3.32. The van der Waals surface area contributed by atoms with E-state index in [9.17, 15) is 4.79 Å². The van der Waals surface area contributed by atoms with Crippen molar-refractivity contribution < 1.29 is 19.0 Å². The number of esters is 1. The van der Waals surface area contributed by atoms with Gasteiger partial charge in [0.15, 0.2) is 11.5 Å². The number of anilines is 1. The number of methoxy groups -OCH3 is 2. The SMILES string of the molecule is COc1ccc2c(c1OC)C(=O)OC2Nc1ccc(Br)cn1. The van der Waals surface area contributed by atoms with E-state index in [0.29, 0.717) is 28.4 Å². The number of nitrogens with one attached hydrogen (secondary N) is 1. The Labute approximate surface area is 135 Å². The van der Waals surface area contributed by atoms with Gasteiger partial charge in [0.1, 0.15) is 11.4 Å². The fourth-order valence-electron chi connectivity index (χ4n) is 2.30. The maximum atomic E-state index is 12.1. The number of benzene rings is 1. The Balaban J connectivity index is 1.96. The van der Waals surface area contributed by atoms with Crippen LogP contribution in [0.2, 0.25) is 0 Å². The molecular formula is C15H13BrN2O4. The molecule has 0 aliphatic carbocycles. The summed E-state index contributed by atoms with van der Waals surface area (Å²) in [6, 6.07) is 7.15. The third-order valence-corrected chi connectivity index (χ3v) is 3.76. The normalized spacial score (nSPS) is 16.0. The highest BCUT2D eigenvalue weighted by Crippen LogP contribution is 2.41. The Morgan fingerprint density at radius 1 is 1.23 bits per heavy atom. The summed E-state index contributed by atoms with van der Waals surface area (Å²) in [7, 11) is 3.01. The van der Waals surface area contributed by atoms with Gasteiger partial charge < -0.3 is 19.5 Å². The second-order valence-electron chi connectivity index (χ2n) is 4.56. The van der Waals surface area contributed by atoms with E-state index in [1.54, 1.807) is 24.4 Å². The van der Waals surface area contributed by atoms with Crippen LogP contribution in [-0.2, 0) is 4.74 Å². The van der Waals surface area contributed by atoms with Crippen LogP contribution in [0.15, 0.2) is 34.9 Å².